The summed E-state index contributed by atoms with van der Waals surface area (Å²) < 4.78 is 5.86. The quantitative estimate of drug-likeness (QED) is 0.598. The first-order valence-corrected chi connectivity index (χ1v) is 6.82. The van der Waals surface area contributed by atoms with Crippen LogP contribution in [0.5, 0.6) is 5.75 Å². The summed E-state index contributed by atoms with van der Waals surface area (Å²) in [7, 11) is 0. The maximum atomic E-state index is 5.86. The van der Waals surface area contributed by atoms with Gasteiger partial charge in [0.15, 0.2) is 0 Å². The number of rotatable bonds is 7. The van der Waals surface area contributed by atoms with Crippen LogP contribution in [0.4, 0.5) is 0 Å². The van der Waals surface area contributed by atoms with Crippen molar-refractivity contribution in [2.45, 2.75) is 19.9 Å². The van der Waals surface area contributed by atoms with Crippen molar-refractivity contribution in [3.8, 4) is 5.75 Å². The van der Waals surface area contributed by atoms with Gasteiger partial charge in [-0.1, -0.05) is 43.3 Å². The summed E-state index contributed by atoms with van der Waals surface area (Å²) in [5, 5.41) is 5.87. The van der Waals surface area contributed by atoms with Crippen molar-refractivity contribution in [3.63, 3.8) is 0 Å². The molecule has 100 valence electrons. The summed E-state index contributed by atoms with van der Waals surface area (Å²) in [4.78, 5) is 0. The first kappa shape index (κ1) is 13.6. The van der Waals surface area contributed by atoms with Crippen LogP contribution in [0.1, 0.15) is 18.9 Å². The summed E-state index contributed by atoms with van der Waals surface area (Å²) in [5.41, 5.74) is 1.23. The van der Waals surface area contributed by atoms with Crippen LogP contribution in [0.3, 0.4) is 0 Å². The third-order valence-corrected chi connectivity index (χ3v) is 3.05. The lowest BCUT2D eigenvalue weighted by Gasteiger charge is -2.14. The van der Waals surface area contributed by atoms with Gasteiger partial charge in [-0.05, 0) is 23.3 Å². The van der Waals surface area contributed by atoms with Crippen molar-refractivity contribution in [3.05, 3.63) is 54.6 Å². The van der Waals surface area contributed by atoms with Gasteiger partial charge in [0.25, 0.3) is 0 Å². The molecule has 0 saturated heterocycles. The van der Waals surface area contributed by atoms with E-state index in [4.69, 9.17) is 4.74 Å². The Balaban J connectivity index is 2.35. The van der Waals surface area contributed by atoms with Crippen molar-refractivity contribution >= 4 is 10.8 Å². The monoisotopic (exact) mass is 255 g/mol. The van der Waals surface area contributed by atoms with Crippen LogP contribution in [0, 0.1) is 0 Å². The van der Waals surface area contributed by atoms with E-state index in [9.17, 15) is 0 Å². The summed E-state index contributed by atoms with van der Waals surface area (Å²) in [6, 6.07) is 12.6. The Hall–Kier alpha value is -1.80. The van der Waals surface area contributed by atoms with E-state index in [0.717, 1.165) is 31.9 Å². The highest BCUT2D eigenvalue weighted by atomic mass is 16.5. The molecule has 0 amide bonds. The Labute approximate surface area is 115 Å². The summed E-state index contributed by atoms with van der Waals surface area (Å²) >= 11 is 0. The molecule has 2 aromatic rings. The molecule has 2 rings (SSSR count). The number of nitrogens with one attached hydrogen (secondary N) is 1. The highest BCUT2D eigenvalue weighted by Gasteiger charge is 2.08. The molecule has 0 saturated carbocycles. The summed E-state index contributed by atoms with van der Waals surface area (Å²) in [5.74, 6) is 0.983. The van der Waals surface area contributed by atoms with E-state index in [1.807, 2.05) is 6.08 Å². The van der Waals surface area contributed by atoms with Crippen molar-refractivity contribution in [2.24, 2.45) is 0 Å². The van der Waals surface area contributed by atoms with E-state index in [0.29, 0.717) is 0 Å². The number of hydrogen-bond acceptors (Lipinski definition) is 2. The largest absolute Gasteiger partial charge is 0.493 e. The maximum absolute atomic E-state index is 5.86. The highest BCUT2D eigenvalue weighted by Crippen LogP contribution is 2.28. The van der Waals surface area contributed by atoms with Gasteiger partial charge >= 0.3 is 0 Å². The maximum Gasteiger partial charge on any atom is 0.124 e. The van der Waals surface area contributed by atoms with Crippen LogP contribution in [0.25, 0.3) is 10.8 Å². The zero-order valence-electron chi connectivity index (χ0n) is 11.5. The van der Waals surface area contributed by atoms with Crippen LogP contribution in [-0.2, 0) is 6.54 Å². The molecule has 0 aliphatic carbocycles. The lowest BCUT2D eigenvalue weighted by Crippen LogP contribution is -2.14. The zero-order chi connectivity index (χ0) is 13.5. The van der Waals surface area contributed by atoms with Crippen molar-refractivity contribution in [1.29, 1.82) is 0 Å². The highest BCUT2D eigenvalue weighted by molar-refractivity contribution is 5.87. The Bertz CT molecular complexity index is 548. The predicted molar refractivity (Wildman–Crippen MR) is 81.6 cm³/mol. The van der Waals surface area contributed by atoms with Gasteiger partial charge in [0.1, 0.15) is 5.75 Å². The van der Waals surface area contributed by atoms with E-state index in [-0.39, 0.29) is 0 Å². The third kappa shape index (κ3) is 3.36. The average molecular weight is 255 g/mol. The second-order valence-corrected chi connectivity index (χ2v) is 4.53. The van der Waals surface area contributed by atoms with Crippen LogP contribution in [0.15, 0.2) is 49.1 Å². The molecule has 2 nitrogen and oxygen atoms in total. The van der Waals surface area contributed by atoms with Crippen molar-refractivity contribution in [2.75, 3.05) is 13.2 Å². The number of benzene rings is 2. The lowest BCUT2D eigenvalue weighted by atomic mass is 10.0. The lowest BCUT2D eigenvalue weighted by molar-refractivity contribution is 0.314. The molecule has 0 aliphatic rings. The fourth-order valence-corrected chi connectivity index (χ4v) is 2.14. The molecule has 0 spiro atoms. The fourth-order valence-electron chi connectivity index (χ4n) is 2.14. The molecule has 0 unspecified atom stereocenters. The molecular weight excluding hydrogens is 234 g/mol. The van der Waals surface area contributed by atoms with Gasteiger partial charge in [-0.2, -0.15) is 0 Å². The Morgan fingerprint density at radius 3 is 2.84 bits per heavy atom. The van der Waals surface area contributed by atoms with Gasteiger partial charge in [0.05, 0.1) is 6.61 Å². The standard InChI is InChI=1S/C17H21NO/c1-3-11-18-13-16-15-8-6-5-7-14(15)9-10-17(16)19-12-4-2/h3,5-10,18H,1,4,11-13H2,2H3. The predicted octanol–water partition coefficient (Wildman–Crippen LogP) is 3.90. The molecule has 0 aromatic heterocycles. The van der Waals surface area contributed by atoms with Gasteiger partial charge in [0, 0.05) is 18.7 Å². The minimum Gasteiger partial charge on any atom is -0.493 e. The zero-order valence-corrected chi connectivity index (χ0v) is 11.5. The van der Waals surface area contributed by atoms with Crippen molar-refractivity contribution in [1.82, 2.24) is 5.32 Å². The van der Waals surface area contributed by atoms with E-state index >= 15 is 0 Å². The molecule has 2 heteroatoms. The van der Waals surface area contributed by atoms with Crippen LogP contribution < -0.4 is 10.1 Å². The molecule has 0 aliphatic heterocycles. The summed E-state index contributed by atoms with van der Waals surface area (Å²) in [6.07, 6.45) is 2.89. The molecular formula is C17H21NO. The second-order valence-electron chi connectivity index (χ2n) is 4.53. The Morgan fingerprint density at radius 1 is 1.21 bits per heavy atom. The topological polar surface area (TPSA) is 21.3 Å². The fraction of sp³-hybridized carbons (Fsp3) is 0.294. The van der Waals surface area contributed by atoms with Crippen LogP contribution in [-0.4, -0.2) is 13.2 Å². The van der Waals surface area contributed by atoms with Gasteiger partial charge in [-0.15, -0.1) is 6.58 Å². The van der Waals surface area contributed by atoms with Gasteiger partial charge in [-0.3, -0.25) is 0 Å². The van der Waals surface area contributed by atoms with Crippen molar-refractivity contribution < 1.29 is 4.74 Å². The van der Waals surface area contributed by atoms with Crippen LogP contribution in [0.2, 0.25) is 0 Å². The van der Waals surface area contributed by atoms with Gasteiger partial charge in [-0.25, -0.2) is 0 Å². The number of fused-ring (bicyclic) bond motifs is 1. The Morgan fingerprint density at radius 2 is 2.05 bits per heavy atom. The molecule has 1 N–H and O–H groups in total. The molecule has 0 atom stereocenters. The molecule has 19 heavy (non-hydrogen) atoms. The molecule has 2 aromatic carbocycles. The van der Waals surface area contributed by atoms with E-state index in [2.05, 4.69) is 55.2 Å². The average Bonchev–Trinajstić information content (AvgIpc) is 2.46. The van der Waals surface area contributed by atoms with E-state index < -0.39 is 0 Å². The SMILES string of the molecule is C=CCNCc1c(OCCC)ccc2ccccc12. The third-order valence-electron chi connectivity index (χ3n) is 3.05. The molecule has 0 radical (unpaired) electrons. The first-order valence-electron chi connectivity index (χ1n) is 6.82. The number of hydrogen-bond donors (Lipinski definition) is 1. The number of ether oxygens (including phenoxy) is 1. The Kier molecular flexibility index (Phi) is 4.99. The normalized spacial score (nSPS) is 10.6. The van der Waals surface area contributed by atoms with E-state index in [1.54, 1.807) is 0 Å². The second kappa shape index (κ2) is 6.95. The summed E-state index contributed by atoms with van der Waals surface area (Å²) in [6.45, 7) is 8.21. The minimum atomic E-state index is 0.757. The smallest absolute Gasteiger partial charge is 0.124 e. The first-order chi connectivity index (χ1) is 9.36. The van der Waals surface area contributed by atoms with Crippen LogP contribution >= 0.6 is 0 Å². The van der Waals surface area contributed by atoms with Gasteiger partial charge < -0.3 is 10.1 Å². The molecule has 0 fully saturated rings. The van der Waals surface area contributed by atoms with Gasteiger partial charge in [0.2, 0.25) is 0 Å². The minimum absolute atomic E-state index is 0.757. The van der Waals surface area contributed by atoms with E-state index in [1.165, 1.54) is 16.3 Å². The molecule has 0 bridgehead atoms. The molecule has 0 heterocycles.